The number of hydrazine groups is 1. The van der Waals surface area contributed by atoms with Crippen LogP contribution in [0.3, 0.4) is 0 Å². The van der Waals surface area contributed by atoms with Gasteiger partial charge in [0.25, 0.3) is 0 Å². The fourth-order valence-electron chi connectivity index (χ4n) is 0.907. The topological polar surface area (TPSA) is 50.9 Å². The van der Waals surface area contributed by atoms with Crippen molar-refractivity contribution in [2.45, 2.75) is 30.5 Å². The minimum Gasteiger partial charge on any atom is -0.306 e. The van der Waals surface area contributed by atoms with Crippen molar-refractivity contribution in [1.29, 1.82) is 0 Å². The molecule has 0 amide bonds. The molecule has 0 saturated heterocycles. The second-order valence-corrected chi connectivity index (χ2v) is 4.51. The molecule has 0 aliphatic rings. The minimum absolute atomic E-state index is 0.137. The van der Waals surface area contributed by atoms with Crippen LogP contribution >= 0.6 is 11.8 Å². The summed E-state index contributed by atoms with van der Waals surface area (Å²) in [6.45, 7) is 3.94. The lowest BCUT2D eigenvalue weighted by atomic mass is 10.4. The van der Waals surface area contributed by atoms with Gasteiger partial charge in [-0.15, -0.1) is 11.8 Å². The number of nitrogen functional groups attached to an aromatic ring is 1. The molecule has 0 bridgehead atoms. The molecule has 1 aromatic heterocycles. The number of aromatic nitrogens is 1. The van der Waals surface area contributed by atoms with Crippen molar-refractivity contribution in [2.75, 3.05) is 5.43 Å². The van der Waals surface area contributed by atoms with Gasteiger partial charge in [-0.25, -0.2) is 19.6 Å². The van der Waals surface area contributed by atoms with Crippen molar-refractivity contribution < 1.29 is 8.78 Å². The summed E-state index contributed by atoms with van der Waals surface area (Å²) in [7, 11) is 0. The molecule has 0 spiro atoms. The molecule has 1 atom stereocenters. The van der Waals surface area contributed by atoms with E-state index in [0.717, 1.165) is 12.5 Å². The van der Waals surface area contributed by atoms with Crippen molar-refractivity contribution >= 4 is 17.6 Å². The third-order valence-electron chi connectivity index (χ3n) is 1.92. The SMILES string of the molecule is CCC(C)Sc1nc(NN)c(F)cc1F. The first kappa shape index (κ1) is 12.2. The van der Waals surface area contributed by atoms with E-state index in [-0.39, 0.29) is 16.1 Å². The zero-order valence-corrected chi connectivity index (χ0v) is 9.37. The maximum absolute atomic E-state index is 13.3. The second-order valence-electron chi connectivity index (χ2n) is 3.09. The summed E-state index contributed by atoms with van der Waals surface area (Å²) < 4.78 is 26.3. The smallest absolute Gasteiger partial charge is 0.177 e. The molecule has 1 heterocycles. The first-order chi connectivity index (χ1) is 7.08. The maximum Gasteiger partial charge on any atom is 0.177 e. The van der Waals surface area contributed by atoms with Gasteiger partial charge in [0.15, 0.2) is 17.5 Å². The molecular weight excluding hydrogens is 220 g/mol. The predicted molar refractivity (Wildman–Crippen MR) is 57.6 cm³/mol. The van der Waals surface area contributed by atoms with Crippen LogP contribution in [0.2, 0.25) is 0 Å². The Bertz CT molecular complexity index is 346. The number of pyridine rings is 1. The van der Waals surface area contributed by atoms with Crippen LogP contribution in [0.4, 0.5) is 14.6 Å². The summed E-state index contributed by atoms with van der Waals surface area (Å²) in [6.07, 6.45) is 0.883. The van der Waals surface area contributed by atoms with Crippen molar-refractivity contribution in [2.24, 2.45) is 5.84 Å². The number of hydrogen-bond donors (Lipinski definition) is 2. The van der Waals surface area contributed by atoms with Crippen LogP contribution in [0.25, 0.3) is 0 Å². The number of anilines is 1. The Morgan fingerprint density at radius 1 is 1.53 bits per heavy atom. The van der Waals surface area contributed by atoms with Gasteiger partial charge < -0.3 is 5.43 Å². The summed E-state index contributed by atoms with van der Waals surface area (Å²) in [6, 6.07) is 0.785. The minimum atomic E-state index is -0.788. The molecule has 0 fully saturated rings. The largest absolute Gasteiger partial charge is 0.306 e. The fourth-order valence-corrected chi connectivity index (χ4v) is 1.77. The number of nitrogens with two attached hydrogens (primary N) is 1. The second kappa shape index (κ2) is 5.27. The number of hydrogen-bond acceptors (Lipinski definition) is 4. The number of nitrogens with zero attached hydrogens (tertiary/aromatic N) is 1. The molecule has 1 unspecified atom stereocenters. The Hall–Kier alpha value is -0.880. The van der Waals surface area contributed by atoms with Crippen molar-refractivity contribution in [3.63, 3.8) is 0 Å². The van der Waals surface area contributed by atoms with Crippen LogP contribution in [-0.4, -0.2) is 10.2 Å². The van der Waals surface area contributed by atoms with E-state index in [4.69, 9.17) is 5.84 Å². The Morgan fingerprint density at radius 3 is 2.73 bits per heavy atom. The van der Waals surface area contributed by atoms with Crippen LogP contribution in [-0.2, 0) is 0 Å². The third-order valence-corrected chi connectivity index (χ3v) is 3.17. The van der Waals surface area contributed by atoms with E-state index >= 15 is 0 Å². The molecule has 0 aliphatic carbocycles. The van der Waals surface area contributed by atoms with Gasteiger partial charge >= 0.3 is 0 Å². The summed E-state index contributed by atoms with van der Waals surface area (Å²) in [5.74, 6) is 3.47. The number of thioether (sulfide) groups is 1. The summed E-state index contributed by atoms with van der Waals surface area (Å²) in [4.78, 5) is 3.76. The highest BCUT2D eigenvalue weighted by Gasteiger charge is 2.13. The summed E-state index contributed by atoms with van der Waals surface area (Å²) in [5.41, 5.74) is 2.09. The highest BCUT2D eigenvalue weighted by Crippen LogP contribution is 2.27. The molecule has 0 radical (unpaired) electrons. The average Bonchev–Trinajstić information content (AvgIpc) is 2.21. The lowest BCUT2D eigenvalue weighted by Gasteiger charge is -2.09. The Kier molecular flexibility index (Phi) is 4.28. The highest BCUT2D eigenvalue weighted by molar-refractivity contribution is 7.99. The van der Waals surface area contributed by atoms with Crippen molar-refractivity contribution in [3.8, 4) is 0 Å². The first-order valence-corrected chi connectivity index (χ1v) is 5.45. The molecule has 0 aliphatic heterocycles. The van der Waals surface area contributed by atoms with Crippen LogP contribution < -0.4 is 11.3 Å². The molecule has 1 aromatic rings. The average molecular weight is 233 g/mol. The standard InChI is InChI=1S/C9H13F2N3S/c1-3-5(2)15-9-7(11)4-6(10)8(13-9)14-12/h4-5H,3,12H2,1-2H3,(H,13,14). The molecular formula is C9H13F2N3S. The van der Waals surface area contributed by atoms with E-state index in [0.29, 0.717) is 0 Å². The molecule has 3 N–H and O–H groups in total. The van der Waals surface area contributed by atoms with Gasteiger partial charge in [-0.2, -0.15) is 0 Å². The predicted octanol–water partition coefficient (Wildman–Crippen LogP) is 2.54. The van der Waals surface area contributed by atoms with Gasteiger partial charge in [0.1, 0.15) is 5.03 Å². The van der Waals surface area contributed by atoms with Gasteiger partial charge in [0.2, 0.25) is 0 Å². The molecule has 1 rings (SSSR count). The quantitative estimate of drug-likeness (QED) is 0.476. The molecule has 3 nitrogen and oxygen atoms in total. The van der Waals surface area contributed by atoms with Gasteiger partial charge in [-0.05, 0) is 6.42 Å². The van der Waals surface area contributed by atoms with Gasteiger partial charge in [0, 0.05) is 11.3 Å². The van der Waals surface area contributed by atoms with E-state index < -0.39 is 11.6 Å². The lowest BCUT2D eigenvalue weighted by Crippen LogP contribution is -2.12. The van der Waals surface area contributed by atoms with E-state index in [1.165, 1.54) is 11.8 Å². The van der Waals surface area contributed by atoms with E-state index in [1.807, 2.05) is 13.8 Å². The Labute approximate surface area is 91.4 Å². The van der Waals surface area contributed by atoms with Gasteiger partial charge in [-0.1, -0.05) is 13.8 Å². The normalized spacial score (nSPS) is 12.6. The van der Waals surface area contributed by atoms with E-state index in [1.54, 1.807) is 0 Å². The lowest BCUT2D eigenvalue weighted by molar-refractivity contribution is 0.550. The molecule has 6 heteroatoms. The molecule has 0 saturated carbocycles. The first-order valence-electron chi connectivity index (χ1n) is 4.57. The van der Waals surface area contributed by atoms with Gasteiger partial charge in [0.05, 0.1) is 0 Å². The number of rotatable bonds is 4. The van der Waals surface area contributed by atoms with Crippen molar-refractivity contribution in [3.05, 3.63) is 17.7 Å². The van der Waals surface area contributed by atoms with Crippen LogP contribution in [0.15, 0.2) is 11.1 Å². The summed E-state index contributed by atoms with van der Waals surface area (Å²) in [5, 5.41) is 0.391. The highest BCUT2D eigenvalue weighted by atomic mass is 32.2. The maximum atomic E-state index is 13.3. The molecule has 0 aromatic carbocycles. The monoisotopic (exact) mass is 233 g/mol. The van der Waals surface area contributed by atoms with Crippen LogP contribution in [0.5, 0.6) is 0 Å². The Morgan fingerprint density at radius 2 is 2.20 bits per heavy atom. The number of halogens is 2. The summed E-state index contributed by atoms with van der Waals surface area (Å²) >= 11 is 1.26. The Balaban J connectivity index is 2.97. The zero-order valence-electron chi connectivity index (χ0n) is 8.55. The van der Waals surface area contributed by atoms with Gasteiger partial charge in [-0.3, -0.25) is 0 Å². The molecule has 84 valence electrons. The zero-order chi connectivity index (χ0) is 11.4. The fraction of sp³-hybridized carbons (Fsp3) is 0.444. The molecule has 15 heavy (non-hydrogen) atoms. The van der Waals surface area contributed by atoms with Crippen molar-refractivity contribution in [1.82, 2.24) is 4.98 Å². The third kappa shape index (κ3) is 3.04. The van der Waals surface area contributed by atoms with Crippen LogP contribution in [0, 0.1) is 11.6 Å². The van der Waals surface area contributed by atoms with E-state index in [2.05, 4.69) is 10.4 Å². The number of nitrogens with one attached hydrogen (secondary N) is 1. The van der Waals surface area contributed by atoms with E-state index in [9.17, 15) is 8.78 Å². The van der Waals surface area contributed by atoms with Crippen LogP contribution in [0.1, 0.15) is 20.3 Å².